The van der Waals surface area contributed by atoms with Crippen LogP contribution < -0.4 is 14.4 Å². The van der Waals surface area contributed by atoms with E-state index in [-0.39, 0.29) is 12.0 Å². The second-order valence-corrected chi connectivity index (χ2v) is 5.39. The number of carbonyl (C=O) groups excluding carboxylic acids is 1. The maximum atomic E-state index is 12.8. The topological polar surface area (TPSA) is 38.8 Å². The average molecular weight is 297 g/mol. The van der Waals surface area contributed by atoms with E-state index in [1.54, 1.807) is 12.0 Å². The van der Waals surface area contributed by atoms with E-state index < -0.39 is 0 Å². The fourth-order valence-electron chi connectivity index (χ4n) is 2.73. The number of carbonyl (C=O) groups is 1. The molecule has 0 fully saturated rings. The van der Waals surface area contributed by atoms with E-state index in [1.807, 2.05) is 55.5 Å². The molecule has 1 aliphatic heterocycles. The van der Waals surface area contributed by atoms with Crippen molar-refractivity contribution < 1.29 is 14.3 Å². The molecule has 1 unspecified atom stereocenters. The second kappa shape index (κ2) is 6.10. The first-order valence-corrected chi connectivity index (χ1v) is 7.37. The van der Waals surface area contributed by atoms with Crippen LogP contribution in [-0.4, -0.2) is 25.7 Å². The van der Waals surface area contributed by atoms with Crippen LogP contribution in [0.2, 0.25) is 0 Å². The zero-order valence-corrected chi connectivity index (χ0v) is 12.8. The molecule has 0 N–H and O–H groups in total. The zero-order chi connectivity index (χ0) is 15.5. The van der Waals surface area contributed by atoms with Gasteiger partial charge in [0.15, 0.2) is 0 Å². The minimum Gasteiger partial charge on any atom is -0.496 e. The molecule has 0 radical (unpaired) electrons. The van der Waals surface area contributed by atoms with Crippen molar-refractivity contribution in [2.75, 3.05) is 18.6 Å². The molecule has 22 heavy (non-hydrogen) atoms. The number of ether oxygens (including phenoxy) is 2. The first kappa shape index (κ1) is 14.4. The lowest BCUT2D eigenvalue weighted by molar-refractivity contribution is -0.118. The lowest BCUT2D eigenvalue weighted by Gasteiger charge is -2.33. The van der Waals surface area contributed by atoms with Crippen LogP contribution in [0.5, 0.6) is 11.5 Å². The van der Waals surface area contributed by atoms with Crippen LogP contribution in [0.4, 0.5) is 5.69 Å². The van der Waals surface area contributed by atoms with Crippen molar-refractivity contribution in [3.63, 3.8) is 0 Å². The molecule has 4 heteroatoms. The molecule has 2 aromatic rings. The van der Waals surface area contributed by atoms with Gasteiger partial charge in [-0.15, -0.1) is 0 Å². The molecule has 0 bridgehead atoms. The van der Waals surface area contributed by atoms with Gasteiger partial charge in [0, 0.05) is 5.56 Å². The summed E-state index contributed by atoms with van der Waals surface area (Å²) in [4.78, 5) is 14.6. The Kier molecular flexibility index (Phi) is 4.00. The quantitative estimate of drug-likeness (QED) is 0.874. The Labute approximate surface area is 130 Å². The van der Waals surface area contributed by atoms with Crippen molar-refractivity contribution >= 4 is 11.6 Å². The minimum absolute atomic E-state index is 0.0171. The van der Waals surface area contributed by atoms with Crippen molar-refractivity contribution in [3.05, 3.63) is 54.1 Å². The normalized spacial score (nSPS) is 16.6. The summed E-state index contributed by atoms with van der Waals surface area (Å²) in [6, 6.07) is 15.3. The van der Waals surface area contributed by atoms with Gasteiger partial charge in [0.1, 0.15) is 17.6 Å². The summed E-state index contributed by atoms with van der Waals surface area (Å²) in [5, 5.41) is 0. The number of fused-ring (bicyclic) bond motifs is 1. The van der Waals surface area contributed by atoms with E-state index in [0.29, 0.717) is 13.0 Å². The highest BCUT2D eigenvalue weighted by molar-refractivity contribution is 5.96. The maximum absolute atomic E-state index is 12.8. The fourth-order valence-corrected chi connectivity index (χ4v) is 2.73. The standard InChI is InChI=1S/C18H19NO3/c1-13-12-19(15-8-4-6-10-17(15)22-13)18(20)11-14-7-3-5-9-16(14)21-2/h3-10,13H,11-12H2,1-2H3. The first-order valence-electron chi connectivity index (χ1n) is 7.37. The van der Waals surface area contributed by atoms with Crippen LogP contribution in [0.3, 0.4) is 0 Å². The van der Waals surface area contributed by atoms with E-state index in [1.165, 1.54) is 0 Å². The SMILES string of the molecule is COc1ccccc1CC(=O)N1CC(C)Oc2ccccc21. The number of anilines is 1. The molecule has 1 amide bonds. The lowest BCUT2D eigenvalue weighted by Crippen LogP contribution is -2.43. The molecule has 0 saturated heterocycles. The molecule has 4 nitrogen and oxygen atoms in total. The highest BCUT2D eigenvalue weighted by Crippen LogP contribution is 2.33. The predicted octanol–water partition coefficient (Wildman–Crippen LogP) is 3.05. The summed E-state index contributed by atoms with van der Waals surface area (Å²) in [6.45, 7) is 2.53. The number of para-hydroxylation sites is 3. The van der Waals surface area contributed by atoms with Crippen LogP contribution in [-0.2, 0) is 11.2 Å². The van der Waals surface area contributed by atoms with Crippen LogP contribution in [0.1, 0.15) is 12.5 Å². The molecule has 0 spiro atoms. The van der Waals surface area contributed by atoms with E-state index in [9.17, 15) is 4.79 Å². The third-order valence-electron chi connectivity index (χ3n) is 3.76. The number of hydrogen-bond donors (Lipinski definition) is 0. The highest BCUT2D eigenvalue weighted by atomic mass is 16.5. The number of amides is 1. The number of rotatable bonds is 3. The lowest BCUT2D eigenvalue weighted by atomic mass is 10.1. The molecule has 1 heterocycles. The average Bonchev–Trinajstić information content (AvgIpc) is 2.54. The number of nitrogens with zero attached hydrogens (tertiary/aromatic N) is 1. The Morgan fingerprint density at radius 3 is 2.77 bits per heavy atom. The number of hydrogen-bond acceptors (Lipinski definition) is 3. The largest absolute Gasteiger partial charge is 0.496 e. The molecule has 3 rings (SSSR count). The second-order valence-electron chi connectivity index (χ2n) is 5.39. The van der Waals surface area contributed by atoms with Gasteiger partial charge in [0.05, 0.1) is 25.8 Å². The van der Waals surface area contributed by atoms with E-state index in [2.05, 4.69) is 0 Å². The van der Waals surface area contributed by atoms with Gasteiger partial charge in [-0.3, -0.25) is 4.79 Å². The summed E-state index contributed by atoms with van der Waals surface area (Å²) in [7, 11) is 1.62. The Hall–Kier alpha value is -2.49. The Morgan fingerprint density at radius 1 is 1.23 bits per heavy atom. The summed E-state index contributed by atoms with van der Waals surface area (Å²) >= 11 is 0. The molecule has 0 saturated carbocycles. The van der Waals surface area contributed by atoms with E-state index in [0.717, 1.165) is 22.7 Å². The van der Waals surface area contributed by atoms with Crippen molar-refractivity contribution in [2.24, 2.45) is 0 Å². The highest BCUT2D eigenvalue weighted by Gasteiger charge is 2.27. The molecule has 0 aromatic heterocycles. The maximum Gasteiger partial charge on any atom is 0.231 e. The predicted molar refractivity (Wildman–Crippen MR) is 85.6 cm³/mol. The monoisotopic (exact) mass is 297 g/mol. The fraction of sp³-hybridized carbons (Fsp3) is 0.278. The van der Waals surface area contributed by atoms with Gasteiger partial charge in [0.25, 0.3) is 0 Å². The minimum atomic E-state index is -0.0171. The van der Waals surface area contributed by atoms with Gasteiger partial charge in [-0.2, -0.15) is 0 Å². The number of methoxy groups -OCH3 is 1. The third kappa shape index (κ3) is 2.77. The molecule has 1 atom stereocenters. The van der Waals surface area contributed by atoms with Crippen LogP contribution >= 0.6 is 0 Å². The Balaban J connectivity index is 1.86. The zero-order valence-electron chi connectivity index (χ0n) is 12.8. The van der Waals surface area contributed by atoms with Crippen LogP contribution in [0.25, 0.3) is 0 Å². The summed E-state index contributed by atoms with van der Waals surface area (Å²) in [5.41, 5.74) is 1.73. The van der Waals surface area contributed by atoms with Crippen molar-refractivity contribution in [2.45, 2.75) is 19.4 Å². The number of benzene rings is 2. The van der Waals surface area contributed by atoms with Crippen molar-refractivity contribution in [3.8, 4) is 11.5 Å². The van der Waals surface area contributed by atoms with Gasteiger partial charge in [-0.05, 0) is 25.1 Å². The molecule has 1 aliphatic rings. The summed E-state index contributed by atoms with van der Waals surface area (Å²) in [5.74, 6) is 1.55. The molecule has 114 valence electrons. The van der Waals surface area contributed by atoms with E-state index >= 15 is 0 Å². The van der Waals surface area contributed by atoms with Crippen LogP contribution in [0, 0.1) is 0 Å². The first-order chi connectivity index (χ1) is 10.7. The summed E-state index contributed by atoms with van der Waals surface area (Å²) in [6.07, 6.45) is 0.293. The Bertz CT molecular complexity index is 684. The molecule has 0 aliphatic carbocycles. The Morgan fingerprint density at radius 2 is 1.95 bits per heavy atom. The van der Waals surface area contributed by atoms with Gasteiger partial charge in [0.2, 0.25) is 5.91 Å². The van der Waals surface area contributed by atoms with Gasteiger partial charge in [-0.1, -0.05) is 30.3 Å². The van der Waals surface area contributed by atoms with Crippen LogP contribution in [0.15, 0.2) is 48.5 Å². The van der Waals surface area contributed by atoms with Gasteiger partial charge < -0.3 is 14.4 Å². The van der Waals surface area contributed by atoms with Crippen molar-refractivity contribution in [1.29, 1.82) is 0 Å². The molecular formula is C18H19NO3. The van der Waals surface area contributed by atoms with Gasteiger partial charge >= 0.3 is 0 Å². The third-order valence-corrected chi connectivity index (χ3v) is 3.76. The van der Waals surface area contributed by atoms with Gasteiger partial charge in [-0.25, -0.2) is 0 Å². The summed E-state index contributed by atoms with van der Waals surface area (Å²) < 4.78 is 11.1. The molecule has 2 aromatic carbocycles. The molecular weight excluding hydrogens is 278 g/mol. The van der Waals surface area contributed by atoms with Crippen molar-refractivity contribution in [1.82, 2.24) is 0 Å². The smallest absolute Gasteiger partial charge is 0.231 e. The van der Waals surface area contributed by atoms with E-state index in [4.69, 9.17) is 9.47 Å².